The molecule has 2 amide bonds. The number of carbonyl (C=O) groups excluding carboxylic acids is 2. The van der Waals surface area contributed by atoms with Gasteiger partial charge in [-0.25, -0.2) is 0 Å². The Morgan fingerprint density at radius 2 is 2.08 bits per heavy atom. The maximum atomic E-state index is 11.9. The predicted molar refractivity (Wildman–Crippen MR) is 104 cm³/mol. The molecule has 0 aliphatic carbocycles. The fourth-order valence-electron chi connectivity index (χ4n) is 1.93. The van der Waals surface area contributed by atoms with Crippen LogP contribution >= 0.6 is 28.1 Å². The molecule has 0 unspecified atom stereocenters. The van der Waals surface area contributed by atoms with Crippen molar-refractivity contribution in [2.45, 2.75) is 20.3 Å². The zero-order valence-corrected chi connectivity index (χ0v) is 16.6. The topological polar surface area (TPSA) is 108 Å². The number of ether oxygens (including phenoxy) is 1. The number of aryl methyl sites for hydroxylation is 2. The van der Waals surface area contributed by atoms with Crippen molar-refractivity contribution in [3.63, 3.8) is 0 Å². The fourth-order valence-corrected chi connectivity index (χ4v) is 2.64. The van der Waals surface area contributed by atoms with Crippen LogP contribution in [0.2, 0.25) is 0 Å². The summed E-state index contributed by atoms with van der Waals surface area (Å²) in [6.45, 7) is 3.60. The molecule has 1 aromatic heterocycles. The third kappa shape index (κ3) is 5.81. The van der Waals surface area contributed by atoms with E-state index in [9.17, 15) is 9.59 Å². The van der Waals surface area contributed by atoms with Crippen molar-refractivity contribution in [1.29, 1.82) is 0 Å². The largest absolute Gasteiger partial charge is 0.483 e. The number of aromatic amines is 1. The minimum absolute atomic E-state index is 0.0559. The first-order chi connectivity index (χ1) is 12.4. The third-order valence-corrected chi connectivity index (χ3v) is 4.07. The van der Waals surface area contributed by atoms with Crippen LogP contribution in [0.15, 0.2) is 28.7 Å². The summed E-state index contributed by atoms with van der Waals surface area (Å²) in [5.74, 6) is -0.389. The fraction of sp³-hybridized carbons (Fsp3) is 0.250. The number of hydrazine groups is 1. The molecule has 138 valence electrons. The molecule has 0 aliphatic heterocycles. The maximum Gasteiger partial charge on any atom is 0.290 e. The zero-order valence-electron chi connectivity index (χ0n) is 14.2. The van der Waals surface area contributed by atoms with Crippen LogP contribution in [0.4, 0.5) is 0 Å². The van der Waals surface area contributed by atoms with E-state index in [4.69, 9.17) is 17.0 Å². The standard InChI is InChI=1S/C16H18BrN5O3S/c1-3-10-4-5-13(11(17)7-10)25-8-14(23)18-16(26)22-21-15(24)12-6-9(2)19-20-12/h4-7H,3,8H2,1-2H3,(H,19,20)(H,21,24)(H2,18,22,23,26). The Morgan fingerprint density at radius 1 is 1.31 bits per heavy atom. The Balaban J connectivity index is 1.75. The molecule has 0 saturated heterocycles. The lowest BCUT2D eigenvalue weighted by Crippen LogP contribution is -2.49. The summed E-state index contributed by atoms with van der Waals surface area (Å²) in [5.41, 5.74) is 6.87. The van der Waals surface area contributed by atoms with Crippen LogP contribution in [-0.4, -0.2) is 33.7 Å². The number of nitrogens with one attached hydrogen (secondary N) is 4. The number of thiocarbonyl (C=S) groups is 1. The second-order valence-electron chi connectivity index (χ2n) is 5.30. The van der Waals surface area contributed by atoms with E-state index in [0.29, 0.717) is 5.75 Å². The van der Waals surface area contributed by atoms with Crippen LogP contribution in [-0.2, 0) is 11.2 Å². The molecule has 0 spiro atoms. The molecule has 4 N–H and O–H groups in total. The third-order valence-electron chi connectivity index (χ3n) is 3.24. The molecule has 0 atom stereocenters. The Morgan fingerprint density at radius 3 is 2.69 bits per heavy atom. The van der Waals surface area contributed by atoms with Crippen molar-refractivity contribution in [2.24, 2.45) is 0 Å². The highest BCUT2D eigenvalue weighted by molar-refractivity contribution is 9.10. The van der Waals surface area contributed by atoms with Crippen LogP contribution in [0.1, 0.15) is 28.7 Å². The SMILES string of the molecule is CCc1ccc(OCC(=O)NC(=S)NNC(=O)c2cc(C)[nH]n2)c(Br)c1. The van der Waals surface area contributed by atoms with E-state index in [0.717, 1.165) is 22.2 Å². The molecule has 10 heteroatoms. The van der Waals surface area contributed by atoms with Crippen LogP contribution in [0.3, 0.4) is 0 Å². The van der Waals surface area contributed by atoms with Gasteiger partial charge in [0.25, 0.3) is 11.8 Å². The molecular formula is C16H18BrN5O3S. The van der Waals surface area contributed by atoms with Gasteiger partial charge in [-0.1, -0.05) is 13.0 Å². The lowest BCUT2D eigenvalue weighted by molar-refractivity contribution is -0.121. The first kappa shape index (κ1) is 19.9. The lowest BCUT2D eigenvalue weighted by Gasteiger charge is -2.11. The molecule has 1 heterocycles. The quantitative estimate of drug-likeness (QED) is 0.417. The minimum atomic E-state index is -0.484. The van der Waals surface area contributed by atoms with Gasteiger partial charge in [-0.15, -0.1) is 0 Å². The van der Waals surface area contributed by atoms with Gasteiger partial charge in [0.1, 0.15) is 5.75 Å². The van der Waals surface area contributed by atoms with Crippen LogP contribution < -0.4 is 20.9 Å². The minimum Gasteiger partial charge on any atom is -0.483 e. The average molecular weight is 440 g/mol. The number of H-pyrrole nitrogens is 1. The van der Waals surface area contributed by atoms with Gasteiger partial charge < -0.3 is 4.74 Å². The molecule has 2 aromatic rings. The summed E-state index contributed by atoms with van der Waals surface area (Å²) >= 11 is 8.35. The van der Waals surface area contributed by atoms with Crippen LogP contribution in [0.25, 0.3) is 0 Å². The van der Waals surface area contributed by atoms with Crippen molar-refractivity contribution >= 4 is 45.1 Å². The number of hydrogen-bond acceptors (Lipinski definition) is 5. The number of rotatable bonds is 5. The Hall–Kier alpha value is -2.46. The van der Waals surface area contributed by atoms with Gasteiger partial charge in [-0.3, -0.25) is 30.9 Å². The molecule has 1 aromatic carbocycles. The van der Waals surface area contributed by atoms with Crippen molar-refractivity contribution in [3.8, 4) is 5.75 Å². The number of halogens is 1. The molecular weight excluding hydrogens is 422 g/mol. The summed E-state index contributed by atoms with van der Waals surface area (Å²) < 4.78 is 6.22. The van der Waals surface area contributed by atoms with Gasteiger partial charge in [-0.2, -0.15) is 5.10 Å². The van der Waals surface area contributed by atoms with E-state index in [1.807, 2.05) is 12.1 Å². The normalized spacial score (nSPS) is 10.1. The van der Waals surface area contributed by atoms with E-state index in [1.54, 1.807) is 19.1 Å². The summed E-state index contributed by atoms with van der Waals surface area (Å²) in [4.78, 5) is 23.7. The van der Waals surface area contributed by atoms with E-state index in [1.165, 1.54) is 0 Å². The number of aromatic nitrogens is 2. The van der Waals surface area contributed by atoms with Gasteiger partial charge in [0, 0.05) is 5.69 Å². The predicted octanol–water partition coefficient (Wildman–Crippen LogP) is 1.76. The molecule has 0 fully saturated rings. The maximum absolute atomic E-state index is 11.9. The first-order valence-electron chi connectivity index (χ1n) is 7.72. The second-order valence-corrected chi connectivity index (χ2v) is 6.56. The molecule has 0 aliphatic rings. The Labute approximate surface area is 164 Å². The highest BCUT2D eigenvalue weighted by atomic mass is 79.9. The van der Waals surface area contributed by atoms with Crippen LogP contribution in [0, 0.1) is 6.92 Å². The monoisotopic (exact) mass is 439 g/mol. The van der Waals surface area contributed by atoms with Crippen molar-refractivity contribution < 1.29 is 14.3 Å². The molecule has 2 rings (SSSR count). The smallest absolute Gasteiger partial charge is 0.290 e. The number of carbonyl (C=O) groups is 2. The molecule has 8 nitrogen and oxygen atoms in total. The number of amides is 2. The van der Waals surface area contributed by atoms with Gasteiger partial charge in [0.2, 0.25) is 0 Å². The van der Waals surface area contributed by atoms with Crippen LogP contribution in [0.5, 0.6) is 5.75 Å². The zero-order chi connectivity index (χ0) is 19.1. The molecule has 26 heavy (non-hydrogen) atoms. The van der Waals surface area contributed by atoms with E-state index in [-0.39, 0.29) is 17.4 Å². The summed E-state index contributed by atoms with van der Waals surface area (Å²) in [5, 5.41) is 8.80. The summed E-state index contributed by atoms with van der Waals surface area (Å²) in [6, 6.07) is 7.23. The average Bonchev–Trinajstić information content (AvgIpc) is 3.05. The van der Waals surface area contributed by atoms with Crippen molar-refractivity contribution in [3.05, 3.63) is 45.7 Å². The first-order valence-corrected chi connectivity index (χ1v) is 8.92. The highest BCUT2D eigenvalue weighted by Crippen LogP contribution is 2.26. The lowest BCUT2D eigenvalue weighted by atomic mass is 10.2. The summed E-state index contributed by atoms with van der Waals surface area (Å²) in [7, 11) is 0. The van der Waals surface area contributed by atoms with Gasteiger partial charge in [0.15, 0.2) is 17.4 Å². The number of benzene rings is 1. The van der Waals surface area contributed by atoms with Gasteiger partial charge in [-0.05, 0) is 65.3 Å². The molecule has 0 saturated carbocycles. The van der Waals surface area contributed by atoms with E-state index in [2.05, 4.69) is 49.2 Å². The van der Waals surface area contributed by atoms with Crippen molar-refractivity contribution in [1.82, 2.24) is 26.4 Å². The summed E-state index contributed by atoms with van der Waals surface area (Å²) in [6.07, 6.45) is 0.906. The highest BCUT2D eigenvalue weighted by Gasteiger charge is 2.11. The molecule has 0 radical (unpaired) electrons. The molecule has 0 bridgehead atoms. The van der Waals surface area contributed by atoms with Crippen molar-refractivity contribution in [2.75, 3.05) is 6.61 Å². The van der Waals surface area contributed by atoms with E-state index >= 15 is 0 Å². The van der Waals surface area contributed by atoms with E-state index < -0.39 is 11.8 Å². The van der Waals surface area contributed by atoms with Gasteiger partial charge in [0.05, 0.1) is 4.47 Å². The van der Waals surface area contributed by atoms with Gasteiger partial charge >= 0.3 is 0 Å². The number of hydrogen-bond donors (Lipinski definition) is 4. The Bertz CT molecular complexity index is 824. The second kappa shape index (κ2) is 9.30. The number of nitrogens with zero attached hydrogens (tertiary/aromatic N) is 1. The Kier molecular flexibility index (Phi) is 7.10.